The molecule has 1 fully saturated rings. The second kappa shape index (κ2) is 6.11. The summed E-state index contributed by atoms with van der Waals surface area (Å²) in [6.07, 6.45) is 1.02. The highest BCUT2D eigenvalue weighted by Crippen LogP contribution is 2.33. The van der Waals surface area contributed by atoms with E-state index in [9.17, 15) is 13.2 Å². The van der Waals surface area contributed by atoms with Crippen LogP contribution in [0.1, 0.15) is 36.0 Å². The van der Waals surface area contributed by atoms with Crippen LogP contribution in [-0.4, -0.2) is 32.6 Å². The lowest BCUT2D eigenvalue weighted by Gasteiger charge is -2.33. The molecule has 0 N–H and O–H groups in total. The van der Waals surface area contributed by atoms with Crippen molar-refractivity contribution in [3.8, 4) is 6.07 Å². The second-order valence-electron chi connectivity index (χ2n) is 5.72. The molecule has 3 rings (SSSR count). The molecule has 1 aliphatic heterocycles. The zero-order chi connectivity index (χ0) is 17.3. The van der Waals surface area contributed by atoms with E-state index in [-0.39, 0.29) is 11.6 Å². The molecule has 0 saturated carbocycles. The van der Waals surface area contributed by atoms with Gasteiger partial charge in [-0.2, -0.15) is 18.4 Å². The lowest BCUT2D eigenvalue weighted by atomic mass is 9.97. The Morgan fingerprint density at radius 1 is 1.29 bits per heavy atom. The van der Waals surface area contributed by atoms with Gasteiger partial charge in [0.1, 0.15) is 11.9 Å². The first-order valence-electron chi connectivity index (χ1n) is 7.46. The Labute approximate surface area is 136 Å². The molecule has 1 aliphatic rings. The summed E-state index contributed by atoms with van der Waals surface area (Å²) >= 11 is 0. The molecule has 2 aromatic heterocycles. The topological polar surface area (TPSA) is 70.6 Å². The summed E-state index contributed by atoms with van der Waals surface area (Å²) < 4.78 is 40.0. The minimum Gasteiger partial charge on any atom is -0.353 e. The van der Waals surface area contributed by atoms with Gasteiger partial charge in [-0.3, -0.25) is 0 Å². The molecule has 1 atom stereocenters. The number of anilines is 1. The van der Waals surface area contributed by atoms with Gasteiger partial charge >= 0.3 is 6.18 Å². The minimum absolute atomic E-state index is 0.159. The number of halogens is 3. The monoisotopic (exact) mass is 336 g/mol. The largest absolute Gasteiger partial charge is 0.434 e. The van der Waals surface area contributed by atoms with E-state index in [0.29, 0.717) is 24.7 Å². The first kappa shape index (κ1) is 16.2. The predicted octanol–water partition coefficient (Wildman–Crippen LogP) is 2.48. The summed E-state index contributed by atoms with van der Waals surface area (Å²) in [5, 5.41) is 9.15. The van der Waals surface area contributed by atoms with Gasteiger partial charge in [-0.25, -0.2) is 15.0 Å². The summed E-state index contributed by atoms with van der Waals surface area (Å²) in [5.41, 5.74) is -0.664. The SMILES string of the molecule is Cn1cc(C(F)(F)F)nc1[C@H]1CCCN(c2nccnc2C#N)C1. The molecule has 0 radical (unpaired) electrons. The van der Waals surface area contributed by atoms with Gasteiger partial charge in [0.05, 0.1) is 0 Å². The molecular formula is C15H15F3N6. The van der Waals surface area contributed by atoms with Gasteiger partial charge in [-0.15, -0.1) is 0 Å². The molecule has 0 unspecified atom stereocenters. The maximum absolute atomic E-state index is 12.8. The van der Waals surface area contributed by atoms with Crippen molar-refractivity contribution in [3.05, 3.63) is 35.8 Å². The van der Waals surface area contributed by atoms with Gasteiger partial charge in [0.15, 0.2) is 17.2 Å². The van der Waals surface area contributed by atoms with Crippen LogP contribution in [-0.2, 0) is 13.2 Å². The van der Waals surface area contributed by atoms with Crippen LogP contribution in [0.5, 0.6) is 0 Å². The van der Waals surface area contributed by atoms with Crippen LogP contribution in [0.2, 0.25) is 0 Å². The van der Waals surface area contributed by atoms with Crippen LogP contribution in [0.3, 0.4) is 0 Å². The third-order valence-electron chi connectivity index (χ3n) is 4.07. The van der Waals surface area contributed by atoms with E-state index >= 15 is 0 Å². The molecule has 0 aromatic carbocycles. The van der Waals surface area contributed by atoms with E-state index in [0.717, 1.165) is 19.0 Å². The summed E-state index contributed by atoms with van der Waals surface area (Å²) in [7, 11) is 1.57. The van der Waals surface area contributed by atoms with Gasteiger partial charge in [0.2, 0.25) is 0 Å². The third-order valence-corrected chi connectivity index (χ3v) is 4.07. The van der Waals surface area contributed by atoms with E-state index in [1.54, 1.807) is 7.05 Å². The number of nitriles is 1. The third kappa shape index (κ3) is 3.04. The first-order chi connectivity index (χ1) is 11.4. The Bertz CT molecular complexity index is 776. The van der Waals surface area contributed by atoms with Crippen LogP contribution < -0.4 is 4.90 Å². The van der Waals surface area contributed by atoms with E-state index in [1.807, 2.05) is 11.0 Å². The number of rotatable bonds is 2. The second-order valence-corrected chi connectivity index (χ2v) is 5.72. The number of alkyl halides is 3. The van der Waals surface area contributed by atoms with Crippen LogP contribution in [0, 0.1) is 11.3 Å². The van der Waals surface area contributed by atoms with Gasteiger partial charge < -0.3 is 9.47 Å². The standard InChI is InChI=1S/C15H15F3N6/c1-23-9-12(15(16,17)18)22-13(23)10-3-2-6-24(8-10)14-11(7-19)20-4-5-21-14/h4-5,9-10H,2-3,6,8H2,1H3/t10-/m0/s1. The maximum atomic E-state index is 12.8. The number of hydrogen-bond acceptors (Lipinski definition) is 5. The molecule has 126 valence electrons. The number of piperidine rings is 1. The first-order valence-corrected chi connectivity index (χ1v) is 7.46. The van der Waals surface area contributed by atoms with Crippen molar-refractivity contribution in [2.45, 2.75) is 24.9 Å². The van der Waals surface area contributed by atoms with Crippen molar-refractivity contribution in [1.82, 2.24) is 19.5 Å². The Kier molecular flexibility index (Phi) is 4.13. The van der Waals surface area contributed by atoms with Crippen molar-refractivity contribution in [3.63, 3.8) is 0 Å². The highest BCUT2D eigenvalue weighted by molar-refractivity contribution is 5.50. The molecule has 24 heavy (non-hydrogen) atoms. The average molecular weight is 336 g/mol. The van der Waals surface area contributed by atoms with E-state index in [1.165, 1.54) is 17.0 Å². The van der Waals surface area contributed by atoms with Gasteiger partial charge in [-0.1, -0.05) is 0 Å². The molecular weight excluding hydrogens is 321 g/mol. The maximum Gasteiger partial charge on any atom is 0.434 e. The normalized spacial score (nSPS) is 18.5. The van der Waals surface area contributed by atoms with Crippen molar-refractivity contribution in [1.29, 1.82) is 5.26 Å². The number of imidazole rings is 1. The summed E-state index contributed by atoms with van der Waals surface area (Å²) in [6, 6.07) is 2.00. The van der Waals surface area contributed by atoms with Gasteiger partial charge in [0, 0.05) is 44.6 Å². The lowest BCUT2D eigenvalue weighted by Crippen LogP contribution is -2.36. The summed E-state index contributed by atoms with van der Waals surface area (Å²) in [4.78, 5) is 13.9. The zero-order valence-electron chi connectivity index (χ0n) is 13.0. The summed E-state index contributed by atoms with van der Waals surface area (Å²) in [5.74, 6) is 0.706. The predicted molar refractivity (Wildman–Crippen MR) is 79.1 cm³/mol. The smallest absolute Gasteiger partial charge is 0.353 e. The van der Waals surface area contributed by atoms with E-state index < -0.39 is 11.9 Å². The fraction of sp³-hybridized carbons (Fsp3) is 0.467. The number of nitrogens with zero attached hydrogens (tertiary/aromatic N) is 6. The quantitative estimate of drug-likeness (QED) is 0.843. The van der Waals surface area contributed by atoms with E-state index in [4.69, 9.17) is 5.26 Å². The average Bonchev–Trinajstić information content (AvgIpc) is 2.97. The van der Waals surface area contributed by atoms with Crippen molar-refractivity contribution >= 4 is 5.82 Å². The van der Waals surface area contributed by atoms with Crippen molar-refractivity contribution in [2.75, 3.05) is 18.0 Å². The van der Waals surface area contributed by atoms with Crippen LogP contribution in [0.25, 0.3) is 0 Å². The molecule has 2 aromatic rings. The number of aryl methyl sites for hydroxylation is 1. The number of hydrogen-bond donors (Lipinski definition) is 0. The Balaban J connectivity index is 1.87. The van der Waals surface area contributed by atoms with Gasteiger partial charge in [-0.05, 0) is 12.8 Å². The fourth-order valence-electron chi connectivity index (χ4n) is 3.02. The molecule has 0 amide bonds. The molecule has 9 heteroatoms. The Morgan fingerprint density at radius 2 is 2.04 bits per heavy atom. The van der Waals surface area contributed by atoms with Crippen LogP contribution in [0.15, 0.2) is 18.6 Å². The van der Waals surface area contributed by atoms with Crippen LogP contribution in [0.4, 0.5) is 19.0 Å². The lowest BCUT2D eigenvalue weighted by molar-refractivity contribution is -0.141. The van der Waals surface area contributed by atoms with E-state index in [2.05, 4.69) is 15.0 Å². The highest BCUT2D eigenvalue weighted by atomic mass is 19.4. The molecule has 6 nitrogen and oxygen atoms in total. The molecule has 0 spiro atoms. The van der Waals surface area contributed by atoms with Crippen molar-refractivity contribution < 1.29 is 13.2 Å². The highest BCUT2D eigenvalue weighted by Gasteiger charge is 2.36. The Morgan fingerprint density at radius 3 is 2.71 bits per heavy atom. The van der Waals surface area contributed by atoms with Gasteiger partial charge in [0.25, 0.3) is 0 Å². The molecule has 0 bridgehead atoms. The molecule has 3 heterocycles. The molecule has 0 aliphatic carbocycles. The molecule has 1 saturated heterocycles. The Hall–Kier alpha value is -2.63. The zero-order valence-corrected chi connectivity index (χ0v) is 13.0. The number of aromatic nitrogens is 4. The van der Waals surface area contributed by atoms with Crippen molar-refractivity contribution in [2.24, 2.45) is 7.05 Å². The van der Waals surface area contributed by atoms with Crippen LogP contribution >= 0.6 is 0 Å². The summed E-state index contributed by atoms with van der Waals surface area (Å²) in [6.45, 7) is 1.13. The fourth-order valence-corrected chi connectivity index (χ4v) is 3.02. The minimum atomic E-state index is -4.46.